The minimum atomic E-state index is -0.371. The van der Waals surface area contributed by atoms with E-state index in [-0.39, 0.29) is 17.8 Å². The number of para-hydroxylation sites is 1. The molecule has 8 nitrogen and oxygen atoms in total. The summed E-state index contributed by atoms with van der Waals surface area (Å²) in [6, 6.07) is 18.4. The van der Waals surface area contributed by atoms with Gasteiger partial charge in [0.2, 0.25) is 5.89 Å². The number of hydrogen-bond donors (Lipinski definition) is 1. The van der Waals surface area contributed by atoms with Crippen molar-refractivity contribution in [1.82, 2.24) is 15.2 Å². The Kier molecular flexibility index (Phi) is 5.45. The molecule has 0 bridgehead atoms. The number of rotatable bonds is 6. The monoisotopic (exact) mass is 458 g/mol. The molecule has 0 atom stereocenters. The van der Waals surface area contributed by atoms with Crippen molar-refractivity contribution in [2.24, 2.45) is 0 Å². The van der Waals surface area contributed by atoms with Crippen molar-refractivity contribution in [3.05, 3.63) is 71.6 Å². The maximum absolute atomic E-state index is 13.2. The van der Waals surface area contributed by atoms with Gasteiger partial charge in [-0.2, -0.15) is 0 Å². The summed E-state index contributed by atoms with van der Waals surface area (Å²) in [5.41, 5.74) is 2.52. The van der Waals surface area contributed by atoms with Gasteiger partial charge in [0.05, 0.1) is 35.9 Å². The van der Waals surface area contributed by atoms with Crippen LogP contribution in [0.25, 0.3) is 32.9 Å². The number of anilines is 1. The lowest BCUT2D eigenvalue weighted by Crippen LogP contribution is -2.13. The zero-order chi connectivity index (χ0) is 22.8. The number of thiophene rings is 1. The van der Waals surface area contributed by atoms with Crippen LogP contribution in [0.2, 0.25) is 0 Å². The second-order valence-corrected chi connectivity index (χ2v) is 7.97. The Hall–Kier alpha value is -4.24. The molecule has 0 saturated heterocycles. The third kappa shape index (κ3) is 4.13. The lowest BCUT2D eigenvalue weighted by molar-refractivity contribution is 0.102. The summed E-state index contributed by atoms with van der Waals surface area (Å²) in [5.74, 6) is 1.01. The van der Waals surface area contributed by atoms with Crippen LogP contribution in [-0.4, -0.2) is 35.3 Å². The summed E-state index contributed by atoms with van der Waals surface area (Å²) in [4.78, 5) is 18.9. The van der Waals surface area contributed by atoms with Crippen LogP contribution in [0.1, 0.15) is 10.4 Å². The highest BCUT2D eigenvalue weighted by Crippen LogP contribution is 2.31. The highest BCUT2D eigenvalue weighted by atomic mass is 32.1. The molecule has 2 aromatic carbocycles. The van der Waals surface area contributed by atoms with E-state index in [1.54, 1.807) is 49.8 Å². The van der Waals surface area contributed by atoms with Crippen molar-refractivity contribution in [3.8, 4) is 33.5 Å². The quantitative estimate of drug-likeness (QED) is 0.369. The first-order chi connectivity index (χ1) is 16.1. The van der Waals surface area contributed by atoms with E-state index < -0.39 is 0 Å². The number of nitrogens with one attached hydrogen (secondary N) is 1. The third-order valence-electron chi connectivity index (χ3n) is 4.98. The number of amides is 1. The molecule has 0 saturated carbocycles. The molecule has 0 fully saturated rings. The second kappa shape index (κ2) is 8.71. The molecule has 3 heterocycles. The Morgan fingerprint density at radius 3 is 2.48 bits per heavy atom. The number of methoxy groups -OCH3 is 2. The lowest BCUT2D eigenvalue weighted by atomic mass is 10.1. The van der Waals surface area contributed by atoms with Gasteiger partial charge in [-0.05, 0) is 35.7 Å². The molecule has 3 aromatic heterocycles. The highest BCUT2D eigenvalue weighted by Gasteiger charge is 2.18. The van der Waals surface area contributed by atoms with Crippen LogP contribution >= 0.6 is 11.3 Å². The van der Waals surface area contributed by atoms with E-state index in [4.69, 9.17) is 18.9 Å². The number of carbonyl (C=O) groups excluding carboxylic acids is 1. The van der Waals surface area contributed by atoms with E-state index in [1.807, 2.05) is 41.8 Å². The predicted molar refractivity (Wildman–Crippen MR) is 126 cm³/mol. The first kappa shape index (κ1) is 20.7. The number of hydrogen-bond acceptors (Lipinski definition) is 8. The number of carbonyl (C=O) groups is 1. The maximum Gasteiger partial charge on any atom is 0.322 e. The summed E-state index contributed by atoms with van der Waals surface area (Å²) >= 11 is 1.56. The molecule has 0 radical (unpaired) electrons. The van der Waals surface area contributed by atoms with Crippen molar-refractivity contribution in [3.63, 3.8) is 0 Å². The van der Waals surface area contributed by atoms with Gasteiger partial charge in [-0.3, -0.25) is 10.1 Å². The lowest BCUT2D eigenvalue weighted by Gasteiger charge is -2.08. The summed E-state index contributed by atoms with van der Waals surface area (Å²) in [6.07, 6.45) is 0. The molecule has 1 amide bonds. The molecule has 164 valence electrons. The Balaban J connectivity index is 1.47. The fourth-order valence-corrected chi connectivity index (χ4v) is 4.09. The molecule has 0 spiro atoms. The van der Waals surface area contributed by atoms with Crippen LogP contribution in [0.5, 0.6) is 11.5 Å². The number of aromatic nitrogens is 3. The van der Waals surface area contributed by atoms with Gasteiger partial charge in [0.25, 0.3) is 5.91 Å². The number of nitrogens with zero attached hydrogens (tertiary/aromatic N) is 3. The average Bonchev–Trinajstić information content (AvgIpc) is 3.55. The number of fused-ring (bicyclic) bond motifs is 1. The summed E-state index contributed by atoms with van der Waals surface area (Å²) in [5, 5.41) is 13.4. The molecule has 1 N–H and O–H groups in total. The van der Waals surface area contributed by atoms with Gasteiger partial charge in [-0.15, -0.1) is 16.4 Å². The number of ether oxygens (including phenoxy) is 2. The minimum absolute atomic E-state index is 0.0182. The molecule has 0 aliphatic heterocycles. The molecule has 5 rings (SSSR count). The summed E-state index contributed by atoms with van der Waals surface area (Å²) < 4.78 is 16.3. The van der Waals surface area contributed by atoms with E-state index in [9.17, 15) is 4.79 Å². The molecule has 33 heavy (non-hydrogen) atoms. The first-order valence-corrected chi connectivity index (χ1v) is 10.8. The van der Waals surface area contributed by atoms with Gasteiger partial charge in [-0.1, -0.05) is 29.4 Å². The fourth-order valence-electron chi connectivity index (χ4n) is 3.40. The zero-order valence-electron chi connectivity index (χ0n) is 17.7. The van der Waals surface area contributed by atoms with Crippen LogP contribution in [0.15, 0.2) is 70.5 Å². The molecular weight excluding hydrogens is 440 g/mol. The molecule has 5 aromatic rings. The summed E-state index contributed by atoms with van der Waals surface area (Å²) in [7, 11) is 3.11. The van der Waals surface area contributed by atoms with Crippen LogP contribution in [-0.2, 0) is 0 Å². The van der Waals surface area contributed by atoms with Crippen molar-refractivity contribution in [2.45, 2.75) is 0 Å². The standard InChI is InChI=1S/C24H18N4O4S/c1-30-15-10-14(11-16(12-15)31-2)23-27-28-24(32-23)26-22(29)18-13-20(21-8-5-9-33-21)25-19-7-4-3-6-17(18)19/h3-13H,1-2H3,(H,26,28,29). The molecular formula is C24H18N4O4S. The first-order valence-electron chi connectivity index (χ1n) is 9.96. The Morgan fingerprint density at radius 1 is 0.970 bits per heavy atom. The molecule has 0 aliphatic rings. The maximum atomic E-state index is 13.2. The van der Waals surface area contributed by atoms with Crippen LogP contribution in [0.3, 0.4) is 0 Å². The Morgan fingerprint density at radius 2 is 1.76 bits per heavy atom. The SMILES string of the molecule is COc1cc(OC)cc(-c2nnc(NC(=O)c3cc(-c4cccs4)nc4ccccc34)o2)c1. The van der Waals surface area contributed by atoms with E-state index in [0.717, 1.165) is 21.5 Å². The zero-order valence-corrected chi connectivity index (χ0v) is 18.6. The topological polar surface area (TPSA) is 99.4 Å². The van der Waals surface area contributed by atoms with Gasteiger partial charge < -0.3 is 13.9 Å². The minimum Gasteiger partial charge on any atom is -0.497 e. The number of pyridine rings is 1. The Bertz CT molecular complexity index is 1420. The smallest absolute Gasteiger partial charge is 0.322 e. The second-order valence-electron chi connectivity index (χ2n) is 7.02. The summed E-state index contributed by atoms with van der Waals surface area (Å²) in [6.45, 7) is 0. The van der Waals surface area contributed by atoms with Gasteiger partial charge in [-0.25, -0.2) is 4.98 Å². The highest BCUT2D eigenvalue weighted by molar-refractivity contribution is 7.13. The van der Waals surface area contributed by atoms with Crippen molar-refractivity contribution in [1.29, 1.82) is 0 Å². The van der Waals surface area contributed by atoms with E-state index >= 15 is 0 Å². The number of benzene rings is 2. The van der Waals surface area contributed by atoms with E-state index in [2.05, 4.69) is 15.5 Å². The Labute approximate surface area is 192 Å². The molecule has 9 heteroatoms. The van der Waals surface area contributed by atoms with Gasteiger partial charge in [0, 0.05) is 17.0 Å². The van der Waals surface area contributed by atoms with Crippen molar-refractivity contribution in [2.75, 3.05) is 19.5 Å². The predicted octanol–water partition coefficient (Wildman–Crippen LogP) is 5.28. The average molecular weight is 458 g/mol. The van der Waals surface area contributed by atoms with E-state index in [0.29, 0.717) is 22.6 Å². The van der Waals surface area contributed by atoms with Gasteiger partial charge in [0.1, 0.15) is 11.5 Å². The van der Waals surface area contributed by atoms with Gasteiger partial charge in [0.15, 0.2) is 0 Å². The van der Waals surface area contributed by atoms with Crippen LogP contribution < -0.4 is 14.8 Å². The van der Waals surface area contributed by atoms with Crippen LogP contribution in [0, 0.1) is 0 Å². The van der Waals surface area contributed by atoms with Gasteiger partial charge >= 0.3 is 6.01 Å². The van der Waals surface area contributed by atoms with Crippen molar-refractivity contribution < 1.29 is 18.7 Å². The van der Waals surface area contributed by atoms with Crippen molar-refractivity contribution >= 4 is 34.2 Å². The molecule has 0 unspecified atom stereocenters. The normalized spacial score (nSPS) is 10.8. The third-order valence-corrected chi connectivity index (χ3v) is 5.87. The van der Waals surface area contributed by atoms with E-state index in [1.165, 1.54) is 0 Å². The largest absolute Gasteiger partial charge is 0.497 e. The fraction of sp³-hybridized carbons (Fsp3) is 0.0833. The molecule has 0 aliphatic carbocycles. The van der Waals surface area contributed by atoms with Crippen LogP contribution in [0.4, 0.5) is 6.01 Å².